The van der Waals surface area contributed by atoms with E-state index in [0.717, 1.165) is 32.5 Å². The first-order chi connectivity index (χ1) is 15.0. The molecule has 0 saturated carbocycles. The Morgan fingerprint density at radius 3 is 2.61 bits per heavy atom. The number of urea groups is 1. The number of likely N-dealkylation sites (tertiary alicyclic amines) is 2. The van der Waals surface area contributed by atoms with Gasteiger partial charge >= 0.3 is 6.03 Å². The summed E-state index contributed by atoms with van der Waals surface area (Å²) in [6.07, 6.45) is 3.08. The van der Waals surface area contributed by atoms with Crippen LogP contribution in [0.3, 0.4) is 0 Å². The van der Waals surface area contributed by atoms with E-state index < -0.39 is 5.54 Å². The van der Waals surface area contributed by atoms with Crippen LogP contribution in [0.4, 0.5) is 4.79 Å². The van der Waals surface area contributed by atoms with Crippen molar-refractivity contribution in [3.8, 4) is 0 Å². The lowest BCUT2D eigenvalue weighted by molar-refractivity contribution is -0.139. The molecule has 8 heteroatoms. The number of methoxy groups -OCH3 is 1. The summed E-state index contributed by atoms with van der Waals surface area (Å²) in [5, 5.41) is 3.02. The van der Waals surface area contributed by atoms with Crippen molar-refractivity contribution in [2.45, 2.75) is 50.2 Å². The molecule has 4 amide bonds. The number of hydrogen-bond donors (Lipinski definition) is 1. The van der Waals surface area contributed by atoms with Gasteiger partial charge in [-0.1, -0.05) is 30.3 Å². The molecule has 0 radical (unpaired) electrons. The van der Waals surface area contributed by atoms with E-state index in [0.29, 0.717) is 39.0 Å². The van der Waals surface area contributed by atoms with Gasteiger partial charge in [0, 0.05) is 39.8 Å². The quantitative estimate of drug-likeness (QED) is 0.696. The summed E-state index contributed by atoms with van der Waals surface area (Å²) in [6, 6.07) is 9.73. The predicted octanol–water partition coefficient (Wildman–Crippen LogP) is 1.60. The minimum Gasteiger partial charge on any atom is -0.384 e. The molecule has 31 heavy (non-hydrogen) atoms. The molecule has 3 saturated heterocycles. The number of imide groups is 1. The molecular weight excluding hydrogens is 396 g/mol. The lowest BCUT2D eigenvalue weighted by Crippen LogP contribution is -2.56. The predicted molar refractivity (Wildman–Crippen MR) is 115 cm³/mol. The van der Waals surface area contributed by atoms with Crippen LogP contribution < -0.4 is 5.32 Å². The molecule has 3 fully saturated rings. The molecule has 0 bridgehead atoms. The number of hydrogen-bond acceptors (Lipinski definition) is 5. The fourth-order valence-corrected chi connectivity index (χ4v) is 4.99. The Morgan fingerprint density at radius 1 is 1.16 bits per heavy atom. The number of ether oxygens (including phenoxy) is 1. The van der Waals surface area contributed by atoms with Gasteiger partial charge in [-0.3, -0.25) is 19.4 Å². The molecule has 1 unspecified atom stereocenters. The van der Waals surface area contributed by atoms with Gasteiger partial charge in [-0.05, 0) is 31.2 Å². The molecule has 168 valence electrons. The number of piperidine rings is 2. The molecule has 3 aliphatic heterocycles. The zero-order valence-corrected chi connectivity index (χ0v) is 18.2. The minimum atomic E-state index is -0.799. The van der Waals surface area contributed by atoms with Crippen LogP contribution in [0.25, 0.3) is 0 Å². The molecule has 4 rings (SSSR count). The molecule has 1 spiro atoms. The molecule has 0 aliphatic carbocycles. The average molecular weight is 429 g/mol. The Bertz CT molecular complexity index is 807. The number of carbonyl (C=O) groups excluding carboxylic acids is 3. The largest absolute Gasteiger partial charge is 0.384 e. The standard InChI is InChI=1S/C23H32N4O4/c1-31-15-9-20(28)26-12-5-8-19(17-26)27-21(29)23(24-22(27)30)10-13-25(14-11-23)16-18-6-3-2-4-7-18/h2-4,6-7,19H,5,8-17H2,1H3,(H,24,30). The van der Waals surface area contributed by atoms with Gasteiger partial charge in [0.2, 0.25) is 5.91 Å². The third kappa shape index (κ3) is 4.60. The van der Waals surface area contributed by atoms with Crippen molar-refractivity contribution in [3.63, 3.8) is 0 Å². The maximum atomic E-state index is 13.4. The SMILES string of the molecule is COCCC(=O)N1CCCC(N2C(=O)NC3(CCN(Cc4ccccc4)CC3)C2=O)C1. The van der Waals surface area contributed by atoms with Crippen molar-refractivity contribution in [2.75, 3.05) is 39.9 Å². The highest BCUT2D eigenvalue weighted by molar-refractivity contribution is 6.07. The van der Waals surface area contributed by atoms with E-state index in [-0.39, 0.29) is 23.9 Å². The molecule has 1 aromatic carbocycles. The van der Waals surface area contributed by atoms with E-state index in [2.05, 4.69) is 22.3 Å². The van der Waals surface area contributed by atoms with Gasteiger partial charge < -0.3 is 15.0 Å². The summed E-state index contributed by atoms with van der Waals surface area (Å²) in [4.78, 5) is 44.1. The normalized spacial score (nSPS) is 24.0. The van der Waals surface area contributed by atoms with Crippen LogP contribution >= 0.6 is 0 Å². The van der Waals surface area contributed by atoms with E-state index in [9.17, 15) is 14.4 Å². The Hall–Kier alpha value is -2.45. The van der Waals surface area contributed by atoms with Crippen molar-refractivity contribution >= 4 is 17.8 Å². The van der Waals surface area contributed by atoms with Crippen molar-refractivity contribution in [3.05, 3.63) is 35.9 Å². The fraction of sp³-hybridized carbons (Fsp3) is 0.609. The van der Waals surface area contributed by atoms with E-state index in [4.69, 9.17) is 4.74 Å². The van der Waals surface area contributed by atoms with Crippen molar-refractivity contribution in [2.24, 2.45) is 0 Å². The van der Waals surface area contributed by atoms with E-state index in [1.165, 1.54) is 10.5 Å². The first-order valence-electron chi connectivity index (χ1n) is 11.2. The van der Waals surface area contributed by atoms with Crippen LogP contribution in [-0.4, -0.2) is 84.0 Å². The Kier molecular flexibility index (Phi) is 6.57. The van der Waals surface area contributed by atoms with Gasteiger partial charge in [0.1, 0.15) is 5.54 Å². The van der Waals surface area contributed by atoms with Crippen LogP contribution in [0, 0.1) is 0 Å². The highest BCUT2D eigenvalue weighted by atomic mass is 16.5. The Labute approximate surface area is 183 Å². The lowest BCUT2D eigenvalue weighted by atomic mass is 9.87. The number of benzene rings is 1. The summed E-state index contributed by atoms with van der Waals surface area (Å²) < 4.78 is 5.01. The lowest BCUT2D eigenvalue weighted by Gasteiger charge is -2.39. The summed E-state index contributed by atoms with van der Waals surface area (Å²) in [7, 11) is 1.57. The number of rotatable bonds is 6. The van der Waals surface area contributed by atoms with Crippen LogP contribution in [0.15, 0.2) is 30.3 Å². The number of nitrogens with zero attached hydrogens (tertiary/aromatic N) is 3. The van der Waals surface area contributed by atoms with Gasteiger partial charge in [0.15, 0.2) is 0 Å². The molecule has 8 nitrogen and oxygen atoms in total. The van der Waals surface area contributed by atoms with Gasteiger partial charge in [-0.2, -0.15) is 0 Å². The highest BCUT2D eigenvalue weighted by Gasteiger charge is 2.54. The minimum absolute atomic E-state index is 0.0162. The fourth-order valence-electron chi connectivity index (χ4n) is 4.99. The Morgan fingerprint density at radius 2 is 1.90 bits per heavy atom. The second-order valence-electron chi connectivity index (χ2n) is 8.83. The number of nitrogens with one attached hydrogen (secondary N) is 1. The van der Waals surface area contributed by atoms with E-state index in [1.54, 1.807) is 12.0 Å². The first-order valence-corrected chi connectivity index (χ1v) is 11.2. The number of carbonyl (C=O) groups is 3. The maximum Gasteiger partial charge on any atom is 0.325 e. The summed E-state index contributed by atoms with van der Waals surface area (Å²) >= 11 is 0. The van der Waals surface area contributed by atoms with Crippen LogP contribution in [0.2, 0.25) is 0 Å². The first kappa shape index (κ1) is 21.8. The molecule has 1 atom stereocenters. The molecule has 1 aromatic rings. The number of amides is 4. The Balaban J connectivity index is 1.37. The van der Waals surface area contributed by atoms with Gasteiger partial charge in [-0.15, -0.1) is 0 Å². The molecule has 0 aromatic heterocycles. The second kappa shape index (κ2) is 9.36. The van der Waals surface area contributed by atoms with Crippen molar-refractivity contribution < 1.29 is 19.1 Å². The molecule has 3 aliphatic rings. The molecule has 1 N–H and O–H groups in total. The highest BCUT2D eigenvalue weighted by Crippen LogP contribution is 2.32. The maximum absolute atomic E-state index is 13.4. The van der Waals surface area contributed by atoms with Crippen LogP contribution in [0.1, 0.15) is 37.7 Å². The third-order valence-electron chi connectivity index (χ3n) is 6.79. The van der Waals surface area contributed by atoms with E-state index in [1.807, 2.05) is 18.2 Å². The smallest absolute Gasteiger partial charge is 0.325 e. The van der Waals surface area contributed by atoms with Crippen LogP contribution in [-0.2, 0) is 20.9 Å². The van der Waals surface area contributed by atoms with Gasteiger partial charge in [-0.25, -0.2) is 4.79 Å². The summed E-state index contributed by atoms with van der Waals surface area (Å²) in [5.74, 6) is -0.101. The summed E-state index contributed by atoms with van der Waals surface area (Å²) in [6.45, 7) is 3.85. The zero-order chi connectivity index (χ0) is 21.8. The summed E-state index contributed by atoms with van der Waals surface area (Å²) in [5.41, 5.74) is 0.453. The molecular formula is C23H32N4O4. The van der Waals surface area contributed by atoms with E-state index >= 15 is 0 Å². The second-order valence-corrected chi connectivity index (χ2v) is 8.83. The van der Waals surface area contributed by atoms with Crippen molar-refractivity contribution in [1.82, 2.24) is 20.0 Å². The van der Waals surface area contributed by atoms with Gasteiger partial charge in [0.05, 0.1) is 19.1 Å². The third-order valence-corrected chi connectivity index (χ3v) is 6.79. The van der Waals surface area contributed by atoms with Crippen LogP contribution in [0.5, 0.6) is 0 Å². The average Bonchev–Trinajstić information content (AvgIpc) is 3.03. The van der Waals surface area contributed by atoms with Crippen molar-refractivity contribution in [1.29, 1.82) is 0 Å². The van der Waals surface area contributed by atoms with Gasteiger partial charge in [0.25, 0.3) is 5.91 Å². The molecule has 3 heterocycles. The monoisotopic (exact) mass is 428 g/mol. The topological polar surface area (TPSA) is 82.2 Å². The zero-order valence-electron chi connectivity index (χ0n) is 18.2.